The zero-order valence-electron chi connectivity index (χ0n) is 9.82. The van der Waals surface area contributed by atoms with E-state index in [2.05, 4.69) is 0 Å². The molecular formula is C15H15FO. The van der Waals surface area contributed by atoms with Crippen LogP contribution in [-0.4, -0.2) is 13.2 Å². The van der Waals surface area contributed by atoms with E-state index in [-0.39, 0.29) is 12.4 Å². The number of benzene rings is 2. The lowest BCUT2D eigenvalue weighted by Crippen LogP contribution is -1.93. The fourth-order valence-corrected chi connectivity index (χ4v) is 1.72. The molecule has 2 aromatic carbocycles. The quantitative estimate of drug-likeness (QED) is 0.765. The molecule has 0 radical (unpaired) electrons. The van der Waals surface area contributed by atoms with E-state index in [1.165, 1.54) is 6.08 Å². The molecule has 2 rings (SSSR count). The minimum absolute atomic E-state index is 0.0450. The van der Waals surface area contributed by atoms with Crippen LogP contribution in [0.5, 0.6) is 0 Å². The van der Waals surface area contributed by atoms with Gasteiger partial charge in [0.25, 0.3) is 0 Å². The second-order valence-corrected chi connectivity index (χ2v) is 3.83. The highest BCUT2D eigenvalue weighted by Crippen LogP contribution is 2.17. The maximum absolute atomic E-state index is 13.4. The largest absolute Gasteiger partial charge is 0.375 e. The Morgan fingerprint density at radius 1 is 1.18 bits per heavy atom. The maximum atomic E-state index is 13.4. The van der Waals surface area contributed by atoms with E-state index in [9.17, 15) is 4.39 Å². The van der Waals surface area contributed by atoms with Crippen molar-refractivity contribution in [3.8, 4) is 0 Å². The van der Waals surface area contributed by atoms with Crippen LogP contribution in [0.4, 0.5) is 4.39 Å². The van der Waals surface area contributed by atoms with Gasteiger partial charge in [0.2, 0.25) is 0 Å². The van der Waals surface area contributed by atoms with E-state index in [0.717, 1.165) is 16.3 Å². The smallest absolute Gasteiger partial charge is 0.126 e. The van der Waals surface area contributed by atoms with Crippen molar-refractivity contribution in [2.45, 2.75) is 6.92 Å². The molecule has 1 nitrogen and oxygen atoms in total. The van der Waals surface area contributed by atoms with Gasteiger partial charge in [0, 0.05) is 6.61 Å². The molecule has 0 spiro atoms. The highest BCUT2D eigenvalue weighted by atomic mass is 19.1. The second-order valence-electron chi connectivity index (χ2n) is 3.83. The first-order chi connectivity index (χ1) is 8.29. The summed E-state index contributed by atoms with van der Waals surface area (Å²) in [6, 6.07) is 13.9. The monoisotopic (exact) mass is 230 g/mol. The molecule has 0 saturated heterocycles. The van der Waals surface area contributed by atoms with Gasteiger partial charge in [-0.25, -0.2) is 4.39 Å². The van der Waals surface area contributed by atoms with Gasteiger partial charge in [0.05, 0.1) is 6.61 Å². The second kappa shape index (κ2) is 5.60. The first kappa shape index (κ1) is 11.8. The molecule has 0 aliphatic rings. The van der Waals surface area contributed by atoms with Crippen LogP contribution in [-0.2, 0) is 4.74 Å². The summed E-state index contributed by atoms with van der Waals surface area (Å²) in [6.07, 6.45) is 1.52. The topological polar surface area (TPSA) is 9.23 Å². The Hall–Kier alpha value is -1.67. The number of ether oxygens (including phenoxy) is 1. The molecule has 0 fully saturated rings. The summed E-state index contributed by atoms with van der Waals surface area (Å²) in [5.74, 6) is -0.248. The summed E-state index contributed by atoms with van der Waals surface area (Å²) in [5, 5.41) is 2.28. The minimum Gasteiger partial charge on any atom is -0.375 e. The van der Waals surface area contributed by atoms with Crippen molar-refractivity contribution >= 4 is 16.8 Å². The fourth-order valence-electron chi connectivity index (χ4n) is 1.72. The van der Waals surface area contributed by atoms with E-state index >= 15 is 0 Å². The summed E-state index contributed by atoms with van der Waals surface area (Å²) in [4.78, 5) is 0. The van der Waals surface area contributed by atoms with Crippen LogP contribution < -0.4 is 0 Å². The van der Waals surface area contributed by atoms with Gasteiger partial charge in [-0.1, -0.05) is 36.4 Å². The Bertz CT molecular complexity index is 531. The van der Waals surface area contributed by atoms with Crippen LogP contribution in [0.2, 0.25) is 0 Å². The molecule has 88 valence electrons. The number of hydrogen-bond acceptors (Lipinski definition) is 1. The van der Waals surface area contributed by atoms with E-state index < -0.39 is 0 Å². The SMILES string of the molecule is CCOC/C(F)=C/c1ccc2ccccc2c1. The zero-order chi connectivity index (χ0) is 12.1. The van der Waals surface area contributed by atoms with Crippen molar-refractivity contribution < 1.29 is 9.13 Å². The Balaban J connectivity index is 2.24. The van der Waals surface area contributed by atoms with Gasteiger partial charge < -0.3 is 4.74 Å². The molecule has 0 aromatic heterocycles. The van der Waals surface area contributed by atoms with Crippen LogP contribution in [0.1, 0.15) is 12.5 Å². The molecule has 0 aliphatic carbocycles. The Kier molecular flexibility index (Phi) is 3.89. The van der Waals surface area contributed by atoms with Gasteiger partial charge in [0.1, 0.15) is 5.83 Å². The lowest BCUT2D eigenvalue weighted by Gasteiger charge is -2.01. The van der Waals surface area contributed by atoms with Crippen molar-refractivity contribution in [1.29, 1.82) is 0 Å². The molecule has 0 heterocycles. The molecule has 0 aliphatic heterocycles. The normalized spacial score (nSPS) is 12.0. The summed E-state index contributed by atoms with van der Waals surface area (Å²) in [7, 11) is 0. The molecule has 0 N–H and O–H groups in total. The number of halogens is 1. The van der Waals surface area contributed by atoms with Crippen molar-refractivity contribution in [2.75, 3.05) is 13.2 Å². The van der Waals surface area contributed by atoms with Gasteiger partial charge in [0.15, 0.2) is 0 Å². The van der Waals surface area contributed by atoms with Gasteiger partial charge >= 0.3 is 0 Å². The van der Waals surface area contributed by atoms with Crippen LogP contribution in [0.25, 0.3) is 16.8 Å². The summed E-state index contributed by atoms with van der Waals surface area (Å²) in [5.41, 5.74) is 0.862. The van der Waals surface area contributed by atoms with Crippen LogP contribution in [0.3, 0.4) is 0 Å². The predicted octanol–water partition coefficient (Wildman–Crippen LogP) is 4.19. The Labute approximate surface area is 101 Å². The highest BCUT2D eigenvalue weighted by Gasteiger charge is 1.97. The van der Waals surface area contributed by atoms with Crippen LogP contribution in [0.15, 0.2) is 48.3 Å². The third-order valence-electron chi connectivity index (χ3n) is 2.54. The summed E-state index contributed by atoms with van der Waals surface area (Å²) >= 11 is 0. The minimum atomic E-state index is -0.248. The third-order valence-corrected chi connectivity index (χ3v) is 2.54. The molecule has 0 amide bonds. The standard InChI is InChI=1S/C15H15FO/c1-2-17-11-15(16)10-12-7-8-13-5-3-4-6-14(13)9-12/h3-10H,2,11H2,1H3/b15-10-. The fraction of sp³-hybridized carbons (Fsp3) is 0.200. The lowest BCUT2D eigenvalue weighted by atomic mass is 10.1. The first-order valence-electron chi connectivity index (χ1n) is 5.72. The maximum Gasteiger partial charge on any atom is 0.126 e. The molecule has 0 bridgehead atoms. The summed E-state index contributed by atoms with van der Waals surface area (Å²) in [6.45, 7) is 2.42. The Morgan fingerprint density at radius 2 is 1.94 bits per heavy atom. The molecule has 0 saturated carbocycles. The summed E-state index contributed by atoms with van der Waals surface area (Å²) < 4.78 is 18.4. The van der Waals surface area contributed by atoms with E-state index in [1.807, 2.05) is 49.4 Å². The van der Waals surface area contributed by atoms with Crippen molar-refractivity contribution in [2.24, 2.45) is 0 Å². The van der Waals surface area contributed by atoms with Crippen molar-refractivity contribution in [3.05, 3.63) is 53.9 Å². The number of rotatable bonds is 4. The van der Waals surface area contributed by atoms with Crippen LogP contribution in [0, 0.1) is 0 Å². The van der Waals surface area contributed by atoms with E-state index in [1.54, 1.807) is 0 Å². The van der Waals surface area contributed by atoms with Crippen molar-refractivity contribution in [3.63, 3.8) is 0 Å². The Morgan fingerprint density at radius 3 is 2.71 bits per heavy atom. The zero-order valence-corrected chi connectivity index (χ0v) is 9.82. The molecule has 17 heavy (non-hydrogen) atoms. The lowest BCUT2D eigenvalue weighted by molar-refractivity contribution is 0.157. The van der Waals surface area contributed by atoms with Crippen molar-refractivity contribution in [1.82, 2.24) is 0 Å². The van der Waals surface area contributed by atoms with Gasteiger partial charge in [-0.05, 0) is 35.4 Å². The predicted molar refractivity (Wildman–Crippen MR) is 69.5 cm³/mol. The van der Waals surface area contributed by atoms with Gasteiger partial charge in [-0.2, -0.15) is 0 Å². The molecule has 2 heteroatoms. The first-order valence-corrected chi connectivity index (χ1v) is 5.72. The van der Waals surface area contributed by atoms with E-state index in [4.69, 9.17) is 4.74 Å². The van der Waals surface area contributed by atoms with Gasteiger partial charge in [-0.15, -0.1) is 0 Å². The molecule has 0 unspecified atom stereocenters. The molecule has 0 atom stereocenters. The van der Waals surface area contributed by atoms with Crippen LogP contribution >= 0.6 is 0 Å². The van der Waals surface area contributed by atoms with Gasteiger partial charge in [-0.3, -0.25) is 0 Å². The number of hydrogen-bond donors (Lipinski definition) is 0. The average molecular weight is 230 g/mol. The average Bonchev–Trinajstić information content (AvgIpc) is 2.36. The number of fused-ring (bicyclic) bond motifs is 1. The molecule has 2 aromatic rings. The highest BCUT2D eigenvalue weighted by molar-refractivity contribution is 5.84. The van der Waals surface area contributed by atoms with E-state index in [0.29, 0.717) is 6.61 Å². The molecular weight excluding hydrogens is 215 g/mol. The third kappa shape index (κ3) is 3.14.